The lowest BCUT2D eigenvalue weighted by atomic mass is 10.2. The van der Waals surface area contributed by atoms with Gasteiger partial charge in [-0.2, -0.15) is 0 Å². The topological polar surface area (TPSA) is 77.2 Å². The van der Waals surface area contributed by atoms with E-state index in [1.54, 1.807) is 31.2 Å². The summed E-state index contributed by atoms with van der Waals surface area (Å²) in [4.78, 5) is 21.2. The second-order valence-electron chi connectivity index (χ2n) is 6.65. The van der Waals surface area contributed by atoms with Crippen LogP contribution in [0.2, 0.25) is 10.0 Å². The number of anilines is 1. The second kappa shape index (κ2) is 9.20. The Morgan fingerprint density at radius 2 is 1.84 bits per heavy atom. The molecule has 0 bridgehead atoms. The van der Waals surface area contributed by atoms with E-state index in [-0.39, 0.29) is 23.2 Å². The second-order valence-corrected chi connectivity index (χ2v) is 7.50. The molecule has 0 fully saturated rings. The van der Waals surface area contributed by atoms with Crippen LogP contribution in [0.25, 0.3) is 11.5 Å². The zero-order chi connectivity index (χ0) is 21.8. The summed E-state index contributed by atoms with van der Waals surface area (Å²) in [5, 5.41) is 3.51. The van der Waals surface area contributed by atoms with E-state index in [9.17, 15) is 4.79 Å². The predicted octanol–water partition coefficient (Wildman–Crippen LogP) is 6.33. The molecule has 4 aromatic rings. The van der Waals surface area contributed by atoms with Crippen LogP contribution in [-0.4, -0.2) is 15.9 Å². The average Bonchev–Trinajstić information content (AvgIpc) is 3.12. The number of nitrogens with one attached hydrogen (secondary N) is 1. The van der Waals surface area contributed by atoms with Crippen LogP contribution in [0.1, 0.15) is 11.5 Å². The van der Waals surface area contributed by atoms with Crippen molar-refractivity contribution in [2.45, 2.75) is 13.3 Å². The molecule has 2 aromatic heterocycles. The summed E-state index contributed by atoms with van der Waals surface area (Å²) < 4.78 is 11.5. The number of aryl methyl sites for hydroxylation is 1. The zero-order valence-electron chi connectivity index (χ0n) is 16.4. The van der Waals surface area contributed by atoms with Gasteiger partial charge in [0.1, 0.15) is 10.8 Å². The molecule has 8 heteroatoms. The minimum atomic E-state index is -0.262. The molecule has 0 spiro atoms. The molecular weight excluding hydrogens is 437 g/mol. The van der Waals surface area contributed by atoms with E-state index in [1.165, 1.54) is 12.3 Å². The van der Waals surface area contributed by atoms with Crippen LogP contribution in [0.3, 0.4) is 0 Å². The maximum Gasteiger partial charge on any atom is 0.238 e. The molecule has 4 rings (SSSR count). The van der Waals surface area contributed by atoms with Crippen molar-refractivity contribution < 1.29 is 13.9 Å². The molecule has 0 aliphatic heterocycles. The van der Waals surface area contributed by atoms with Gasteiger partial charge in [0.2, 0.25) is 17.7 Å². The molecule has 0 unspecified atom stereocenters. The van der Waals surface area contributed by atoms with Crippen molar-refractivity contribution in [1.82, 2.24) is 9.97 Å². The molecule has 2 heterocycles. The van der Waals surface area contributed by atoms with E-state index in [1.807, 2.05) is 30.3 Å². The van der Waals surface area contributed by atoms with Crippen LogP contribution in [-0.2, 0) is 11.2 Å². The van der Waals surface area contributed by atoms with E-state index < -0.39 is 0 Å². The first-order valence-electron chi connectivity index (χ1n) is 9.39. The van der Waals surface area contributed by atoms with E-state index >= 15 is 0 Å². The number of aromatic nitrogens is 2. The number of ether oxygens (including phenoxy) is 1. The fraction of sp³-hybridized carbons (Fsp3) is 0.0870. The Kier molecular flexibility index (Phi) is 6.21. The first-order chi connectivity index (χ1) is 15.0. The lowest BCUT2D eigenvalue weighted by Gasteiger charge is -2.12. The van der Waals surface area contributed by atoms with Crippen molar-refractivity contribution >= 4 is 34.8 Å². The van der Waals surface area contributed by atoms with Crippen molar-refractivity contribution in [3.8, 4) is 23.1 Å². The van der Waals surface area contributed by atoms with Crippen LogP contribution in [0.15, 0.2) is 71.3 Å². The molecule has 6 nitrogen and oxygen atoms in total. The molecule has 156 valence electrons. The normalized spacial score (nSPS) is 10.7. The summed E-state index contributed by atoms with van der Waals surface area (Å²) in [6.45, 7) is 1.79. The molecular formula is C23H17Cl2N3O3. The van der Waals surface area contributed by atoms with Crippen LogP contribution >= 0.6 is 23.2 Å². The highest BCUT2D eigenvalue weighted by molar-refractivity contribution is 6.35. The number of carbonyl (C=O) groups is 1. The standard InChI is InChI=1S/C23H17Cl2N3O3/c1-14-19(28-22(30-14)15-7-3-2-4-8-15)12-21(29)27-18-9-5-6-10-20(18)31-23-17(25)11-16(24)13-26-23/h2-11,13H,12H2,1H3,(H,27,29). The zero-order valence-corrected chi connectivity index (χ0v) is 17.9. The number of nitrogens with zero attached hydrogens (tertiary/aromatic N) is 2. The highest BCUT2D eigenvalue weighted by Crippen LogP contribution is 2.33. The quantitative estimate of drug-likeness (QED) is 0.369. The molecule has 0 saturated carbocycles. The highest BCUT2D eigenvalue weighted by atomic mass is 35.5. The molecule has 0 atom stereocenters. The van der Waals surface area contributed by atoms with Gasteiger partial charge in [-0.1, -0.05) is 53.5 Å². The Morgan fingerprint density at radius 1 is 1.10 bits per heavy atom. The molecule has 1 N–H and O–H groups in total. The summed E-state index contributed by atoms with van der Waals surface area (Å²) in [7, 11) is 0. The van der Waals surface area contributed by atoms with Crippen molar-refractivity contribution in [1.29, 1.82) is 0 Å². The lowest BCUT2D eigenvalue weighted by Crippen LogP contribution is -2.15. The minimum absolute atomic E-state index is 0.0520. The fourth-order valence-electron chi connectivity index (χ4n) is 2.88. The van der Waals surface area contributed by atoms with Gasteiger partial charge in [-0.3, -0.25) is 4.79 Å². The maximum absolute atomic E-state index is 12.7. The van der Waals surface area contributed by atoms with Crippen molar-refractivity contribution in [2.24, 2.45) is 0 Å². The smallest absolute Gasteiger partial charge is 0.238 e. The summed E-state index contributed by atoms with van der Waals surface area (Å²) >= 11 is 12.0. The van der Waals surface area contributed by atoms with Gasteiger partial charge >= 0.3 is 0 Å². The van der Waals surface area contributed by atoms with E-state index in [4.69, 9.17) is 32.4 Å². The molecule has 0 aliphatic rings. The fourth-order valence-corrected chi connectivity index (χ4v) is 3.30. The number of benzene rings is 2. The average molecular weight is 454 g/mol. The minimum Gasteiger partial charge on any atom is -0.441 e. The summed E-state index contributed by atoms with van der Waals surface area (Å²) in [6, 6.07) is 18.1. The Labute approximate surface area is 188 Å². The third-order valence-electron chi connectivity index (χ3n) is 4.38. The van der Waals surface area contributed by atoms with E-state index in [2.05, 4.69) is 15.3 Å². The van der Waals surface area contributed by atoms with Crippen LogP contribution < -0.4 is 10.1 Å². The number of pyridine rings is 1. The summed E-state index contributed by atoms with van der Waals surface area (Å²) in [5.41, 5.74) is 1.89. The van der Waals surface area contributed by atoms with Crippen molar-refractivity contribution in [3.63, 3.8) is 0 Å². The van der Waals surface area contributed by atoms with Crippen LogP contribution in [0.4, 0.5) is 5.69 Å². The molecule has 31 heavy (non-hydrogen) atoms. The summed E-state index contributed by atoms with van der Waals surface area (Å²) in [6.07, 6.45) is 1.48. The predicted molar refractivity (Wildman–Crippen MR) is 120 cm³/mol. The van der Waals surface area contributed by atoms with Gasteiger partial charge in [0.05, 0.1) is 22.8 Å². The first-order valence-corrected chi connectivity index (χ1v) is 10.1. The van der Waals surface area contributed by atoms with Gasteiger partial charge in [-0.05, 0) is 37.3 Å². The monoisotopic (exact) mass is 453 g/mol. The number of halogens is 2. The Hall–Kier alpha value is -3.35. The largest absolute Gasteiger partial charge is 0.441 e. The third kappa shape index (κ3) is 5.05. The number of hydrogen-bond donors (Lipinski definition) is 1. The maximum atomic E-state index is 12.7. The Morgan fingerprint density at radius 3 is 2.61 bits per heavy atom. The summed E-state index contributed by atoms with van der Waals surface area (Å²) in [5.74, 6) is 1.40. The Balaban J connectivity index is 1.49. The number of rotatable bonds is 6. The molecule has 2 aromatic carbocycles. The van der Waals surface area contributed by atoms with Gasteiger partial charge in [0.25, 0.3) is 0 Å². The van der Waals surface area contributed by atoms with E-state index in [0.717, 1.165) is 5.56 Å². The SMILES string of the molecule is Cc1oc(-c2ccccc2)nc1CC(=O)Nc1ccccc1Oc1ncc(Cl)cc1Cl. The van der Waals surface area contributed by atoms with Crippen LogP contribution in [0, 0.1) is 6.92 Å². The number of carbonyl (C=O) groups excluding carboxylic acids is 1. The lowest BCUT2D eigenvalue weighted by molar-refractivity contribution is -0.115. The van der Waals surface area contributed by atoms with Crippen molar-refractivity contribution in [2.75, 3.05) is 5.32 Å². The van der Waals surface area contributed by atoms with Gasteiger partial charge < -0.3 is 14.5 Å². The molecule has 0 saturated heterocycles. The van der Waals surface area contributed by atoms with Crippen molar-refractivity contribution in [3.05, 3.63) is 88.4 Å². The number of oxazole rings is 1. The molecule has 1 amide bonds. The molecule has 0 aliphatic carbocycles. The number of para-hydroxylation sites is 2. The number of amides is 1. The number of hydrogen-bond acceptors (Lipinski definition) is 5. The van der Waals surface area contributed by atoms with E-state index in [0.29, 0.717) is 33.8 Å². The Bertz CT molecular complexity index is 1230. The van der Waals surface area contributed by atoms with Gasteiger partial charge in [0.15, 0.2) is 5.75 Å². The first kappa shape index (κ1) is 20.9. The van der Waals surface area contributed by atoms with Gasteiger partial charge in [-0.15, -0.1) is 0 Å². The van der Waals surface area contributed by atoms with Gasteiger partial charge in [0, 0.05) is 11.8 Å². The molecule has 0 radical (unpaired) electrons. The third-order valence-corrected chi connectivity index (χ3v) is 4.86. The van der Waals surface area contributed by atoms with Gasteiger partial charge in [-0.25, -0.2) is 9.97 Å². The highest BCUT2D eigenvalue weighted by Gasteiger charge is 2.16. The van der Waals surface area contributed by atoms with Crippen LogP contribution in [0.5, 0.6) is 11.6 Å².